The van der Waals surface area contributed by atoms with Crippen molar-refractivity contribution in [3.05, 3.63) is 24.3 Å². The van der Waals surface area contributed by atoms with Gasteiger partial charge in [-0.05, 0) is 38.0 Å². The van der Waals surface area contributed by atoms with E-state index in [-0.39, 0.29) is 0 Å². The van der Waals surface area contributed by atoms with Crippen molar-refractivity contribution >= 4 is 0 Å². The van der Waals surface area contributed by atoms with E-state index in [9.17, 15) is 0 Å². The summed E-state index contributed by atoms with van der Waals surface area (Å²) in [7, 11) is 0. The van der Waals surface area contributed by atoms with Crippen molar-refractivity contribution < 1.29 is 0 Å². The maximum Gasteiger partial charge on any atom is -0.0203 e. The average molecular weight is 150 g/mol. The van der Waals surface area contributed by atoms with Crippen LogP contribution in [0.25, 0.3) is 0 Å². The van der Waals surface area contributed by atoms with E-state index < -0.39 is 0 Å². The maximum atomic E-state index is 3.80. The predicted octanol–water partition coefficient (Wildman–Crippen LogP) is 3.55. The smallest absolute Gasteiger partial charge is 0.0203 e. The van der Waals surface area contributed by atoms with E-state index in [0.29, 0.717) is 5.92 Å². The second-order valence-electron chi connectivity index (χ2n) is 3.55. The summed E-state index contributed by atoms with van der Waals surface area (Å²) < 4.78 is 0. The number of hydrogen-bond acceptors (Lipinski definition) is 0. The zero-order chi connectivity index (χ0) is 8.27. The fraction of sp³-hybridized carbons (Fsp3) is 0.636. The van der Waals surface area contributed by atoms with Crippen LogP contribution in [0.1, 0.15) is 33.1 Å². The Morgan fingerprint density at radius 1 is 1.64 bits per heavy atom. The van der Waals surface area contributed by atoms with Gasteiger partial charge in [0.25, 0.3) is 0 Å². The summed E-state index contributed by atoms with van der Waals surface area (Å²) in [5, 5.41) is 0. The van der Waals surface area contributed by atoms with Crippen molar-refractivity contribution in [3.63, 3.8) is 0 Å². The van der Waals surface area contributed by atoms with E-state index in [1.165, 1.54) is 19.3 Å². The van der Waals surface area contributed by atoms with Crippen LogP contribution in [-0.4, -0.2) is 0 Å². The van der Waals surface area contributed by atoms with E-state index in [2.05, 4.69) is 26.5 Å². The number of hydrogen-bond donors (Lipinski definition) is 0. The summed E-state index contributed by atoms with van der Waals surface area (Å²) in [6.07, 6.45) is 8.40. The van der Waals surface area contributed by atoms with Gasteiger partial charge < -0.3 is 0 Å². The molecule has 0 radical (unpaired) electrons. The van der Waals surface area contributed by atoms with Gasteiger partial charge in [-0.1, -0.05) is 24.6 Å². The van der Waals surface area contributed by atoms with Gasteiger partial charge in [-0.3, -0.25) is 0 Å². The molecular formula is C11H18. The molecule has 0 saturated heterocycles. The van der Waals surface area contributed by atoms with Crippen molar-refractivity contribution in [2.45, 2.75) is 33.1 Å². The standard InChI is InChI=1S/C11H18/c1-4-9(3)8-10(5-2)11-6-7-11/h4-5,9,11H,1,6-8H2,2-3H3/b10-5+. The summed E-state index contributed by atoms with van der Waals surface area (Å²) in [5.41, 5.74) is 1.65. The van der Waals surface area contributed by atoms with Crippen LogP contribution in [0.15, 0.2) is 24.3 Å². The molecule has 0 aromatic heterocycles. The molecule has 0 spiro atoms. The molecule has 62 valence electrons. The summed E-state index contributed by atoms with van der Waals surface area (Å²) >= 11 is 0. The van der Waals surface area contributed by atoms with Crippen molar-refractivity contribution in [1.82, 2.24) is 0 Å². The Labute approximate surface area is 70.0 Å². The van der Waals surface area contributed by atoms with Gasteiger partial charge >= 0.3 is 0 Å². The van der Waals surface area contributed by atoms with Gasteiger partial charge in [-0.25, -0.2) is 0 Å². The fourth-order valence-electron chi connectivity index (χ4n) is 1.43. The summed E-state index contributed by atoms with van der Waals surface area (Å²) in [5.74, 6) is 1.59. The third-order valence-corrected chi connectivity index (χ3v) is 2.43. The molecule has 0 aromatic carbocycles. The van der Waals surface area contributed by atoms with Crippen molar-refractivity contribution in [1.29, 1.82) is 0 Å². The molecule has 0 amide bonds. The lowest BCUT2D eigenvalue weighted by Crippen LogP contribution is -1.94. The molecular weight excluding hydrogens is 132 g/mol. The molecule has 0 bridgehead atoms. The normalized spacial score (nSPS) is 21.5. The third-order valence-electron chi connectivity index (χ3n) is 2.43. The average Bonchev–Trinajstić information content (AvgIpc) is 2.82. The maximum absolute atomic E-state index is 3.80. The molecule has 1 saturated carbocycles. The van der Waals surface area contributed by atoms with E-state index >= 15 is 0 Å². The van der Waals surface area contributed by atoms with Crippen molar-refractivity contribution in [2.24, 2.45) is 11.8 Å². The summed E-state index contributed by atoms with van der Waals surface area (Å²) in [6, 6.07) is 0. The van der Waals surface area contributed by atoms with E-state index in [0.717, 1.165) is 5.92 Å². The third kappa shape index (κ3) is 2.53. The van der Waals surface area contributed by atoms with Gasteiger partial charge in [0, 0.05) is 0 Å². The van der Waals surface area contributed by atoms with Crippen LogP contribution >= 0.6 is 0 Å². The molecule has 0 aromatic rings. The first-order valence-electron chi connectivity index (χ1n) is 4.55. The molecule has 1 rings (SSSR count). The molecule has 1 atom stereocenters. The van der Waals surface area contributed by atoms with Gasteiger partial charge in [-0.2, -0.15) is 0 Å². The Balaban J connectivity index is 2.37. The highest BCUT2D eigenvalue weighted by Crippen LogP contribution is 2.39. The molecule has 0 heteroatoms. The lowest BCUT2D eigenvalue weighted by Gasteiger charge is -2.08. The highest BCUT2D eigenvalue weighted by molar-refractivity contribution is 5.12. The molecule has 11 heavy (non-hydrogen) atoms. The topological polar surface area (TPSA) is 0 Å². The minimum Gasteiger partial charge on any atom is -0.103 e. The largest absolute Gasteiger partial charge is 0.103 e. The Morgan fingerprint density at radius 2 is 2.27 bits per heavy atom. The zero-order valence-corrected chi connectivity index (χ0v) is 7.64. The molecule has 0 nitrogen and oxygen atoms in total. The van der Waals surface area contributed by atoms with Crippen molar-refractivity contribution in [2.75, 3.05) is 0 Å². The molecule has 1 aliphatic rings. The second-order valence-corrected chi connectivity index (χ2v) is 3.55. The van der Waals surface area contributed by atoms with Gasteiger partial charge in [0.2, 0.25) is 0 Å². The van der Waals surface area contributed by atoms with Crippen LogP contribution in [0, 0.1) is 11.8 Å². The molecule has 0 heterocycles. The first-order chi connectivity index (χ1) is 5.27. The fourth-order valence-corrected chi connectivity index (χ4v) is 1.43. The summed E-state index contributed by atoms with van der Waals surface area (Å²) in [6.45, 7) is 8.19. The first kappa shape index (κ1) is 8.58. The lowest BCUT2D eigenvalue weighted by atomic mass is 9.98. The van der Waals surface area contributed by atoms with Gasteiger partial charge in [-0.15, -0.1) is 6.58 Å². The van der Waals surface area contributed by atoms with Crippen LogP contribution in [0.2, 0.25) is 0 Å². The SMILES string of the molecule is C=CC(C)C/C(=C\C)C1CC1. The molecule has 0 aliphatic heterocycles. The van der Waals surface area contributed by atoms with Crippen LogP contribution in [0.5, 0.6) is 0 Å². The van der Waals surface area contributed by atoms with Crippen LogP contribution in [0.4, 0.5) is 0 Å². The molecule has 1 unspecified atom stereocenters. The molecule has 1 aliphatic carbocycles. The highest BCUT2D eigenvalue weighted by Gasteiger charge is 2.25. The Kier molecular flexibility index (Phi) is 2.92. The Morgan fingerprint density at radius 3 is 2.64 bits per heavy atom. The zero-order valence-electron chi connectivity index (χ0n) is 7.64. The van der Waals surface area contributed by atoms with E-state index in [1.54, 1.807) is 5.57 Å². The Bertz CT molecular complexity index is 161. The van der Waals surface area contributed by atoms with E-state index in [1.807, 2.05) is 6.08 Å². The monoisotopic (exact) mass is 150 g/mol. The van der Waals surface area contributed by atoms with Gasteiger partial charge in [0.05, 0.1) is 0 Å². The first-order valence-corrected chi connectivity index (χ1v) is 4.55. The second kappa shape index (κ2) is 3.75. The minimum absolute atomic E-state index is 0.654. The lowest BCUT2D eigenvalue weighted by molar-refractivity contribution is 0.684. The van der Waals surface area contributed by atoms with Crippen molar-refractivity contribution in [3.8, 4) is 0 Å². The highest BCUT2D eigenvalue weighted by atomic mass is 14.3. The predicted molar refractivity (Wildman–Crippen MR) is 50.5 cm³/mol. The number of rotatable bonds is 4. The van der Waals surface area contributed by atoms with Crippen LogP contribution in [-0.2, 0) is 0 Å². The quantitative estimate of drug-likeness (QED) is 0.537. The van der Waals surface area contributed by atoms with Crippen LogP contribution < -0.4 is 0 Å². The summed E-state index contributed by atoms with van der Waals surface area (Å²) in [4.78, 5) is 0. The molecule has 0 N–H and O–H groups in total. The number of allylic oxidation sites excluding steroid dienone is 3. The minimum atomic E-state index is 0.654. The van der Waals surface area contributed by atoms with Crippen LogP contribution in [0.3, 0.4) is 0 Å². The Hall–Kier alpha value is -0.520. The molecule has 1 fully saturated rings. The van der Waals surface area contributed by atoms with E-state index in [4.69, 9.17) is 0 Å². The van der Waals surface area contributed by atoms with Gasteiger partial charge in [0.1, 0.15) is 0 Å². The van der Waals surface area contributed by atoms with Gasteiger partial charge in [0.15, 0.2) is 0 Å².